The quantitative estimate of drug-likeness (QED) is 0.929. The van der Waals surface area contributed by atoms with Crippen molar-refractivity contribution in [1.29, 1.82) is 0 Å². The van der Waals surface area contributed by atoms with Crippen LogP contribution in [0.2, 0.25) is 0 Å². The summed E-state index contributed by atoms with van der Waals surface area (Å²) in [6.07, 6.45) is 2.34. The molecular formula is C17H16FN3O3. The van der Waals surface area contributed by atoms with Crippen LogP contribution < -0.4 is 10.5 Å². The molecule has 1 aromatic heterocycles. The number of rotatable bonds is 4. The topological polar surface area (TPSA) is 85.5 Å². The summed E-state index contributed by atoms with van der Waals surface area (Å²) in [4.78, 5) is 29.7. The molecular weight excluding hydrogens is 313 g/mol. The largest absolute Gasteiger partial charge is 0.470 e. The van der Waals surface area contributed by atoms with Gasteiger partial charge in [0.25, 0.3) is 11.8 Å². The van der Waals surface area contributed by atoms with E-state index in [0.717, 1.165) is 6.42 Å². The predicted molar refractivity (Wildman–Crippen MR) is 83.8 cm³/mol. The summed E-state index contributed by atoms with van der Waals surface area (Å²) in [6, 6.07) is 8.70. The molecule has 0 aliphatic carbocycles. The zero-order chi connectivity index (χ0) is 17.1. The van der Waals surface area contributed by atoms with Gasteiger partial charge in [-0.15, -0.1) is 0 Å². The van der Waals surface area contributed by atoms with Crippen molar-refractivity contribution in [2.24, 2.45) is 5.73 Å². The first-order valence-electron chi connectivity index (χ1n) is 7.54. The maximum absolute atomic E-state index is 13.0. The van der Waals surface area contributed by atoms with E-state index in [1.54, 1.807) is 6.07 Å². The molecule has 0 radical (unpaired) electrons. The van der Waals surface area contributed by atoms with Crippen molar-refractivity contribution in [1.82, 2.24) is 9.88 Å². The van der Waals surface area contributed by atoms with Crippen LogP contribution in [-0.4, -0.2) is 34.5 Å². The molecule has 0 spiro atoms. The van der Waals surface area contributed by atoms with E-state index in [1.165, 1.54) is 41.4 Å². The summed E-state index contributed by atoms with van der Waals surface area (Å²) >= 11 is 0. The molecule has 124 valence electrons. The van der Waals surface area contributed by atoms with Gasteiger partial charge in [0, 0.05) is 19.2 Å². The van der Waals surface area contributed by atoms with Gasteiger partial charge >= 0.3 is 0 Å². The lowest BCUT2D eigenvalue weighted by Crippen LogP contribution is -2.40. The number of pyridine rings is 1. The smallest absolute Gasteiger partial charge is 0.268 e. The summed E-state index contributed by atoms with van der Waals surface area (Å²) in [7, 11) is 0. The zero-order valence-corrected chi connectivity index (χ0v) is 12.8. The standard InChI is InChI=1S/C17H16FN3O3/c18-11-5-7-12(8-6-11)24-14-4-2-10-21(14)17(23)13-3-1-9-20-15(13)16(19)22/h1,3,5-9,14H,2,4,10H2,(H2,19,22). The predicted octanol–water partition coefficient (Wildman–Crippen LogP) is 1.96. The highest BCUT2D eigenvalue weighted by Gasteiger charge is 2.32. The van der Waals surface area contributed by atoms with Crippen molar-refractivity contribution < 1.29 is 18.7 Å². The number of likely N-dealkylation sites (tertiary alicyclic amines) is 1. The van der Waals surface area contributed by atoms with E-state index >= 15 is 0 Å². The molecule has 2 N–H and O–H groups in total. The molecule has 1 fully saturated rings. The van der Waals surface area contributed by atoms with Crippen molar-refractivity contribution >= 4 is 11.8 Å². The first kappa shape index (κ1) is 15.9. The molecule has 1 aliphatic heterocycles. The van der Waals surface area contributed by atoms with Crippen LogP contribution in [0.4, 0.5) is 4.39 Å². The number of carbonyl (C=O) groups is 2. The molecule has 0 saturated carbocycles. The monoisotopic (exact) mass is 329 g/mol. The molecule has 7 heteroatoms. The molecule has 0 bridgehead atoms. The van der Waals surface area contributed by atoms with E-state index in [0.29, 0.717) is 18.7 Å². The van der Waals surface area contributed by atoms with Crippen LogP contribution in [0, 0.1) is 5.82 Å². The van der Waals surface area contributed by atoms with E-state index in [1.807, 2.05) is 0 Å². The second-order valence-electron chi connectivity index (χ2n) is 5.43. The minimum Gasteiger partial charge on any atom is -0.470 e. The van der Waals surface area contributed by atoms with Gasteiger partial charge in [0.05, 0.1) is 5.56 Å². The molecule has 2 heterocycles. The molecule has 24 heavy (non-hydrogen) atoms. The Labute approximate surface area is 138 Å². The average molecular weight is 329 g/mol. The third-order valence-corrected chi connectivity index (χ3v) is 3.82. The van der Waals surface area contributed by atoms with Crippen LogP contribution in [0.15, 0.2) is 42.6 Å². The van der Waals surface area contributed by atoms with E-state index < -0.39 is 12.1 Å². The number of hydrogen-bond acceptors (Lipinski definition) is 4. The SMILES string of the molecule is NC(=O)c1ncccc1C(=O)N1CCCC1Oc1ccc(F)cc1. The number of aromatic nitrogens is 1. The van der Waals surface area contributed by atoms with Crippen LogP contribution in [0.3, 0.4) is 0 Å². The van der Waals surface area contributed by atoms with Crippen LogP contribution in [0.1, 0.15) is 33.7 Å². The Balaban J connectivity index is 1.81. The number of nitrogens with zero attached hydrogens (tertiary/aromatic N) is 2. The summed E-state index contributed by atoms with van der Waals surface area (Å²) in [5.41, 5.74) is 5.38. The van der Waals surface area contributed by atoms with Crippen LogP contribution >= 0.6 is 0 Å². The van der Waals surface area contributed by atoms with Gasteiger partial charge in [0.15, 0.2) is 6.23 Å². The maximum Gasteiger partial charge on any atom is 0.268 e. The fourth-order valence-corrected chi connectivity index (χ4v) is 2.69. The van der Waals surface area contributed by atoms with Crippen LogP contribution in [0.25, 0.3) is 0 Å². The number of ether oxygens (including phenoxy) is 1. The third-order valence-electron chi connectivity index (χ3n) is 3.82. The van der Waals surface area contributed by atoms with Gasteiger partial charge in [-0.2, -0.15) is 0 Å². The fraction of sp³-hybridized carbons (Fsp3) is 0.235. The second-order valence-corrected chi connectivity index (χ2v) is 5.43. The van der Waals surface area contributed by atoms with Gasteiger partial charge in [-0.25, -0.2) is 4.39 Å². The van der Waals surface area contributed by atoms with Gasteiger partial charge in [-0.05, 0) is 42.8 Å². The molecule has 1 saturated heterocycles. The molecule has 2 amide bonds. The fourth-order valence-electron chi connectivity index (χ4n) is 2.69. The maximum atomic E-state index is 13.0. The first-order chi connectivity index (χ1) is 11.6. The lowest BCUT2D eigenvalue weighted by Gasteiger charge is -2.25. The highest BCUT2D eigenvalue weighted by atomic mass is 19.1. The molecule has 1 atom stereocenters. The van der Waals surface area contributed by atoms with Crippen molar-refractivity contribution in [2.45, 2.75) is 19.1 Å². The molecule has 6 nitrogen and oxygen atoms in total. The summed E-state index contributed by atoms with van der Waals surface area (Å²) in [6.45, 7) is 0.498. The van der Waals surface area contributed by atoms with Crippen molar-refractivity contribution in [3.63, 3.8) is 0 Å². The lowest BCUT2D eigenvalue weighted by atomic mass is 10.1. The van der Waals surface area contributed by atoms with Crippen molar-refractivity contribution in [3.05, 3.63) is 59.7 Å². The number of nitrogens with two attached hydrogens (primary N) is 1. The number of hydrogen-bond donors (Lipinski definition) is 1. The Morgan fingerprint density at radius 2 is 2.00 bits per heavy atom. The van der Waals surface area contributed by atoms with Gasteiger partial charge in [0.1, 0.15) is 17.3 Å². The van der Waals surface area contributed by atoms with E-state index in [-0.39, 0.29) is 23.0 Å². The first-order valence-corrected chi connectivity index (χ1v) is 7.54. The molecule has 2 aromatic rings. The second kappa shape index (κ2) is 6.66. The van der Waals surface area contributed by atoms with Gasteiger partial charge in [0.2, 0.25) is 0 Å². The lowest BCUT2D eigenvalue weighted by molar-refractivity contribution is 0.0398. The van der Waals surface area contributed by atoms with E-state index in [4.69, 9.17) is 10.5 Å². The Kier molecular flexibility index (Phi) is 4.41. The summed E-state index contributed by atoms with van der Waals surface area (Å²) in [5.74, 6) is -0.999. The number of primary amides is 1. The van der Waals surface area contributed by atoms with Gasteiger partial charge in [-0.1, -0.05) is 0 Å². The van der Waals surface area contributed by atoms with Gasteiger partial charge in [-0.3, -0.25) is 14.6 Å². The summed E-state index contributed by atoms with van der Waals surface area (Å²) in [5, 5.41) is 0. The van der Waals surface area contributed by atoms with Crippen molar-refractivity contribution in [3.8, 4) is 5.75 Å². The average Bonchev–Trinajstić information content (AvgIpc) is 3.04. The summed E-state index contributed by atoms with van der Waals surface area (Å²) < 4.78 is 18.8. The highest BCUT2D eigenvalue weighted by Crippen LogP contribution is 2.24. The van der Waals surface area contributed by atoms with Gasteiger partial charge < -0.3 is 15.4 Å². The number of amides is 2. The van der Waals surface area contributed by atoms with Crippen LogP contribution in [-0.2, 0) is 0 Å². The molecule has 1 aliphatic rings. The third kappa shape index (κ3) is 3.19. The Morgan fingerprint density at radius 3 is 2.71 bits per heavy atom. The normalized spacial score (nSPS) is 16.9. The minimum atomic E-state index is -0.755. The van der Waals surface area contributed by atoms with Crippen LogP contribution in [0.5, 0.6) is 5.75 Å². The molecule has 1 aromatic carbocycles. The zero-order valence-electron chi connectivity index (χ0n) is 12.8. The van der Waals surface area contributed by atoms with E-state index in [9.17, 15) is 14.0 Å². The Morgan fingerprint density at radius 1 is 1.25 bits per heavy atom. The Bertz CT molecular complexity index is 764. The van der Waals surface area contributed by atoms with Crippen molar-refractivity contribution in [2.75, 3.05) is 6.54 Å². The molecule has 1 unspecified atom stereocenters. The van der Waals surface area contributed by atoms with E-state index in [2.05, 4.69) is 4.98 Å². The number of benzene rings is 1. The minimum absolute atomic E-state index is 0.0602. The molecule has 3 rings (SSSR count). The number of halogens is 1. The Hall–Kier alpha value is -2.96. The highest BCUT2D eigenvalue weighted by molar-refractivity contribution is 6.05. The number of carbonyl (C=O) groups excluding carboxylic acids is 2.